The van der Waals surface area contributed by atoms with Gasteiger partial charge in [-0.1, -0.05) is 24.3 Å². The van der Waals surface area contributed by atoms with Gasteiger partial charge in [0.25, 0.3) is 0 Å². The number of hydrogen-bond donors (Lipinski definition) is 0. The van der Waals surface area contributed by atoms with Crippen LogP contribution in [0.1, 0.15) is 0 Å². The zero-order valence-electron chi connectivity index (χ0n) is 11.1. The third-order valence-electron chi connectivity index (χ3n) is 3.45. The molecule has 0 aliphatic rings. The molecule has 0 saturated heterocycles. The van der Waals surface area contributed by atoms with Crippen LogP contribution in [0.5, 0.6) is 0 Å². The van der Waals surface area contributed by atoms with Crippen molar-refractivity contribution < 1.29 is 0 Å². The third-order valence-corrected chi connectivity index (χ3v) is 3.45. The molecule has 100 valence electrons. The Hall–Kier alpha value is -3.08. The normalized spacial score (nSPS) is 10.9. The summed E-state index contributed by atoms with van der Waals surface area (Å²) >= 11 is 0. The highest BCUT2D eigenvalue weighted by atomic mass is 15.5. The lowest BCUT2D eigenvalue weighted by atomic mass is 10.0. The molecule has 0 spiro atoms. The highest BCUT2D eigenvalue weighted by Crippen LogP contribution is 2.24. The molecule has 5 nitrogen and oxygen atoms in total. The predicted octanol–water partition coefficient (Wildman–Crippen LogP) is 2.88. The summed E-state index contributed by atoms with van der Waals surface area (Å²) < 4.78 is 1.63. The zero-order valence-corrected chi connectivity index (χ0v) is 11.1. The van der Waals surface area contributed by atoms with Gasteiger partial charge >= 0.3 is 0 Å². The average molecular weight is 273 g/mol. The van der Waals surface area contributed by atoms with Crippen molar-refractivity contribution in [3.8, 4) is 16.8 Å². The van der Waals surface area contributed by atoms with E-state index in [1.807, 2.05) is 30.6 Å². The molecule has 0 atom stereocenters. The highest BCUT2D eigenvalue weighted by molar-refractivity contribution is 5.86. The van der Waals surface area contributed by atoms with Crippen LogP contribution in [0.2, 0.25) is 0 Å². The fraction of sp³-hybridized carbons (Fsp3) is 0. The molecular formula is C16H11N5. The van der Waals surface area contributed by atoms with E-state index in [1.54, 1.807) is 11.0 Å². The minimum absolute atomic E-state index is 0.939. The number of fused-ring (bicyclic) bond motifs is 1. The van der Waals surface area contributed by atoms with Crippen molar-refractivity contribution in [3.05, 3.63) is 67.3 Å². The molecule has 0 bridgehead atoms. The molecular weight excluding hydrogens is 262 g/mol. The van der Waals surface area contributed by atoms with E-state index in [0.29, 0.717) is 0 Å². The predicted molar refractivity (Wildman–Crippen MR) is 79.9 cm³/mol. The van der Waals surface area contributed by atoms with E-state index in [0.717, 1.165) is 16.6 Å². The van der Waals surface area contributed by atoms with Crippen molar-refractivity contribution in [2.75, 3.05) is 0 Å². The van der Waals surface area contributed by atoms with E-state index in [9.17, 15) is 0 Å². The van der Waals surface area contributed by atoms with Crippen LogP contribution in [0.4, 0.5) is 0 Å². The fourth-order valence-electron chi connectivity index (χ4n) is 2.35. The number of rotatable bonds is 2. The number of nitrogens with zero attached hydrogens (tertiary/aromatic N) is 5. The Balaban J connectivity index is 1.74. The Morgan fingerprint density at radius 3 is 2.48 bits per heavy atom. The first kappa shape index (κ1) is 11.7. The van der Waals surface area contributed by atoms with Crippen molar-refractivity contribution in [3.63, 3.8) is 0 Å². The van der Waals surface area contributed by atoms with Crippen LogP contribution >= 0.6 is 0 Å². The Bertz CT molecular complexity index is 882. The van der Waals surface area contributed by atoms with Gasteiger partial charge < -0.3 is 0 Å². The van der Waals surface area contributed by atoms with Gasteiger partial charge in [0, 0.05) is 17.8 Å². The summed E-state index contributed by atoms with van der Waals surface area (Å²) in [5, 5.41) is 13.5. The van der Waals surface area contributed by atoms with E-state index >= 15 is 0 Å². The van der Waals surface area contributed by atoms with Crippen LogP contribution in [-0.4, -0.2) is 25.2 Å². The topological polar surface area (TPSA) is 56.5 Å². The molecule has 2 heterocycles. The lowest BCUT2D eigenvalue weighted by Crippen LogP contribution is -1.94. The summed E-state index contributed by atoms with van der Waals surface area (Å²) in [6.07, 6.45) is 5.27. The van der Waals surface area contributed by atoms with Crippen molar-refractivity contribution in [1.82, 2.24) is 25.2 Å². The molecule has 5 heteroatoms. The third kappa shape index (κ3) is 2.14. The summed E-state index contributed by atoms with van der Waals surface area (Å²) in [6.45, 7) is 0. The zero-order chi connectivity index (χ0) is 14.1. The molecule has 2 aromatic heterocycles. The maximum atomic E-state index is 4.13. The average Bonchev–Trinajstić information content (AvgIpc) is 3.09. The van der Waals surface area contributed by atoms with Crippen molar-refractivity contribution in [2.45, 2.75) is 0 Å². The van der Waals surface area contributed by atoms with Gasteiger partial charge in [-0.3, -0.25) is 4.98 Å². The number of aromatic nitrogens is 5. The lowest BCUT2D eigenvalue weighted by Gasteiger charge is -2.05. The second-order valence-corrected chi connectivity index (χ2v) is 4.74. The van der Waals surface area contributed by atoms with E-state index in [-0.39, 0.29) is 0 Å². The Morgan fingerprint density at radius 1 is 0.810 bits per heavy atom. The van der Waals surface area contributed by atoms with E-state index in [1.165, 1.54) is 10.9 Å². The van der Waals surface area contributed by atoms with Gasteiger partial charge in [0.2, 0.25) is 0 Å². The Labute approximate surface area is 120 Å². The Morgan fingerprint density at radius 2 is 1.67 bits per heavy atom. The van der Waals surface area contributed by atoms with Gasteiger partial charge in [0.1, 0.15) is 6.33 Å². The largest absolute Gasteiger partial charge is 0.264 e. The molecule has 0 aliphatic heterocycles. The number of hydrogen-bond acceptors (Lipinski definition) is 4. The van der Waals surface area contributed by atoms with Gasteiger partial charge in [0.05, 0.1) is 5.69 Å². The summed E-state index contributed by atoms with van der Waals surface area (Å²) in [6, 6.07) is 16.5. The maximum Gasteiger partial charge on any atom is 0.143 e. The molecule has 4 rings (SSSR count). The van der Waals surface area contributed by atoms with Gasteiger partial charge in [-0.05, 0) is 51.2 Å². The quantitative estimate of drug-likeness (QED) is 0.563. The number of pyridine rings is 1. The molecule has 0 unspecified atom stereocenters. The summed E-state index contributed by atoms with van der Waals surface area (Å²) in [4.78, 5) is 4.13. The van der Waals surface area contributed by atoms with Gasteiger partial charge in [-0.2, -0.15) is 0 Å². The molecule has 0 fully saturated rings. The van der Waals surface area contributed by atoms with Crippen LogP contribution in [0, 0.1) is 0 Å². The van der Waals surface area contributed by atoms with E-state index in [2.05, 4.69) is 50.8 Å². The second kappa shape index (κ2) is 4.79. The minimum atomic E-state index is 0.939. The molecule has 0 amide bonds. The number of benzene rings is 2. The first-order chi connectivity index (χ1) is 10.4. The first-order valence-electron chi connectivity index (χ1n) is 6.58. The van der Waals surface area contributed by atoms with Gasteiger partial charge in [-0.25, -0.2) is 4.68 Å². The molecule has 4 aromatic rings. The van der Waals surface area contributed by atoms with Crippen LogP contribution in [0.25, 0.3) is 27.6 Å². The standard InChI is InChI=1S/C16H11N5/c1-2-15-10-17-8-7-14(15)9-13(1)12-3-5-16(6-4-12)21-11-18-19-20-21/h1-11H. The number of tetrazole rings is 1. The van der Waals surface area contributed by atoms with Gasteiger partial charge in [-0.15, -0.1) is 5.10 Å². The second-order valence-electron chi connectivity index (χ2n) is 4.74. The highest BCUT2D eigenvalue weighted by Gasteiger charge is 2.02. The monoisotopic (exact) mass is 273 g/mol. The first-order valence-corrected chi connectivity index (χ1v) is 6.58. The molecule has 0 saturated carbocycles. The van der Waals surface area contributed by atoms with Crippen LogP contribution in [0.3, 0.4) is 0 Å². The summed E-state index contributed by atoms with van der Waals surface area (Å²) in [5.41, 5.74) is 3.27. The SMILES string of the molecule is c1cc2cc(-c3ccc(-n4cnnn4)cc3)ccc2cn1. The summed E-state index contributed by atoms with van der Waals surface area (Å²) in [7, 11) is 0. The molecule has 0 N–H and O–H groups in total. The van der Waals surface area contributed by atoms with Crippen molar-refractivity contribution >= 4 is 10.8 Å². The van der Waals surface area contributed by atoms with Crippen LogP contribution in [0.15, 0.2) is 67.3 Å². The Kier molecular flexibility index (Phi) is 2.67. The van der Waals surface area contributed by atoms with Gasteiger partial charge in [0.15, 0.2) is 0 Å². The molecule has 0 aliphatic carbocycles. The maximum absolute atomic E-state index is 4.13. The molecule has 21 heavy (non-hydrogen) atoms. The fourth-order valence-corrected chi connectivity index (χ4v) is 2.35. The minimum Gasteiger partial charge on any atom is -0.264 e. The van der Waals surface area contributed by atoms with Crippen molar-refractivity contribution in [2.24, 2.45) is 0 Å². The van der Waals surface area contributed by atoms with Crippen LogP contribution in [-0.2, 0) is 0 Å². The van der Waals surface area contributed by atoms with E-state index in [4.69, 9.17) is 0 Å². The smallest absolute Gasteiger partial charge is 0.143 e. The van der Waals surface area contributed by atoms with E-state index < -0.39 is 0 Å². The molecule has 0 radical (unpaired) electrons. The van der Waals surface area contributed by atoms with Crippen molar-refractivity contribution in [1.29, 1.82) is 0 Å². The lowest BCUT2D eigenvalue weighted by molar-refractivity contribution is 0.789. The van der Waals surface area contributed by atoms with Crippen LogP contribution < -0.4 is 0 Å². The molecule has 2 aromatic carbocycles. The summed E-state index contributed by atoms with van der Waals surface area (Å²) in [5.74, 6) is 0.